The van der Waals surface area contributed by atoms with E-state index >= 15 is 0 Å². The molecular formula is C14H20N4O3S. The van der Waals surface area contributed by atoms with Crippen LogP contribution in [0.4, 0.5) is 0 Å². The van der Waals surface area contributed by atoms with Crippen molar-refractivity contribution < 1.29 is 15.3 Å². The highest BCUT2D eigenvalue weighted by atomic mass is 32.2. The highest BCUT2D eigenvalue weighted by Crippen LogP contribution is 2.27. The van der Waals surface area contributed by atoms with Crippen LogP contribution in [0.5, 0.6) is 0 Å². The lowest BCUT2D eigenvalue weighted by Crippen LogP contribution is -2.26. The van der Waals surface area contributed by atoms with Crippen LogP contribution in [0.3, 0.4) is 0 Å². The first kappa shape index (κ1) is 16.9. The number of rotatable bonds is 7. The minimum atomic E-state index is -0.777. The third-order valence-corrected chi connectivity index (χ3v) is 4.69. The van der Waals surface area contributed by atoms with Crippen LogP contribution >= 0.6 is 11.8 Å². The van der Waals surface area contributed by atoms with E-state index in [0.717, 1.165) is 5.56 Å². The van der Waals surface area contributed by atoms with Gasteiger partial charge in [0.25, 0.3) is 0 Å². The van der Waals surface area contributed by atoms with E-state index in [2.05, 4.69) is 15.5 Å². The van der Waals surface area contributed by atoms with Crippen LogP contribution in [-0.4, -0.2) is 47.4 Å². The molecule has 0 aliphatic carbocycles. The molecule has 0 aliphatic heterocycles. The molecule has 3 N–H and O–H groups in total. The summed E-state index contributed by atoms with van der Waals surface area (Å²) in [5, 5.41) is 41.3. The maximum Gasteiger partial charge on any atom is 0.209 e. The van der Waals surface area contributed by atoms with Gasteiger partial charge < -0.3 is 15.3 Å². The average Bonchev–Trinajstić information content (AvgIpc) is 2.96. The molecular weight excluding hydrogens is 304 g/mol. The van der Waals surface area contributed by atoms with Gasteiger partial charge in [0, 0.05) is 18.7 Å². The second kappa shape index (κ2) is 7.68. The Labute approximate surface area is 133 Å². The van der Waals surface area contributed by atoms with E-state index in [1.807, 2.05) is 0 Å². The zero-order chi connectivity index (χ0) is 16.1. The highest BCUT2D eigenvalue weighted by molar-refractivity contribution is 7.99. The Hall–Kier alpha value is -1.48. The third kappa shape index (κ3) is 4.04. The lowest BCUT2D eigenvalue weighted by Gasteiger charge is -2.24. The quantitative estimate of drug-likeness (QED) is 0.638. The second-order valence-corrected chi connectivity index (χ2v) is 6.15. The van der Waals surface area contributed by atoms with Crippen LogP contribution < -0.4 is 0 Å². The molecule has 0 saturated heterocycles. The van der Waals surface area contributed by atoms with Crippen LogP contribution in [0.2, 0.25) is 0 Å². The number of aromatic nitrogens is 4. The van der Waals surface area contributed by atoms with E-state index in [0.29, 0.717) is 16.5 Å². The Morgan fingerprint density at radius 1 is 1.23 bits per heavy atom. The van der Waals surface area contributed by atoms with Gasteiger partial charge in [0.1, 0.15) is 0 Å². The number of tetrazole rings is 1. The highest BCUT2D eigenvalue weighted by Gasteiger charge is 2.24. The molecule has 0 amide bonds. The lowest BCUT2D eigenvalue weighted by atomic mass is 9.93. The standard InChI is InChI=1S/C14H20N4O3S/c1-9(12(20)8-22-14-15-16-17-18(14)2)13(21)11-5-3-10(7-19)4-6-11/h3-6,9,12-13,19-21H,7-8H2,1-2H3. The molecule has 3 unspecified atom stereocenters. The van der Waals surface area contributed by atoms with Crippen LogP contribution in [0.1, 0.15) is 24.2 Å². The van der Waals surface area contributed by atoms with Crippen molar-refractivity contribution in [1.82, 2.24) is 20.2 Å². The molecule has 0 bridgehead atoms. The molecule has 0 aliphatic rings. The summed E-state index contributed by atoms with van der Waals surface area (Å²) < 4.78 is 1.53. The summed E-state index contributed by atoms with van der Waals surface area (Å²) in [5.74, 6) is 0.0508. The average molecular weight is 324 g/mol. The monoisotopic (exact) mass is 324 g/mol. The molecule has 0 fully saturated rings. The van der Waals surface area contributed by atoms with Crippen LogP contribution in [0.25, 0.3) is 0 Å². The summed E-state index contributed by atoms with van der Waals surface area (Å²) >= 11 is 1.34. The summed E-state index contributed by atoms with van der Waals surface area (Å²) in [6.07, 6.45) is -1.48. The molecule has 1 aromatic carbocycles. The van der Waals surface area contributed by atoms with E-state index in [9.17, 15) is 10.2 Å². The van der Waals surface area contributed by atoms with Gasteiger partial charge in [0.15, 0.2) is 0 Å². The third-order valence-electron chi connectivity index (χ3n) is 3.57. The van der Waals surface area contributed by atoms with E-state index in [-0.39, 0.29) is 12.5 Å². The normalized spacial score (nSPS) is 15.5. The van der Waals surface area contributed by atoms with Crippen LogP contribution in [-0.2, 0) is 13.7 Å². The fraction of sp³-hybridized carbons (Fsp3) is 0.500. The molecule has 120 valence electrons. The van der Waals surface area contributed by atoms with E-state index in [1.54, 1.807) is 38.2 Å². The smallest absolute Gasteiger partial charge is 0.209 e. The number of hydrogen-bond acceptors (Lipinski definition) is 7. The van der Waals surface area contributed by atoms with Gasteiger partial charge in [-0.15, -0.1) is 5.10 Å². The maximum absolute atomic E-state index is 10.4. The zero-order valence-electron chi connectivity index (χ0n) is 12.5. The number of aryl methyl sites for hydroxylation is 1. The Balaban J connectivity index is 1.93. The van der Waals surface area contributed by atoms with Crippen LogP contribution in [0.15, 0.2) is 29.4 Å². The van der Waals surface area contributed by atoms with Crippen molar-refractivity contribution in [3.8, 4) is 0 Å². The van der Waals surface area contributed by atoms with Crippen molar-refractivity contribution in [3.05, 3.63) is 35.4 Å². The minimum absolute atomic E-state index is 0.0308. The molecule has 0 saturated carbocycles. The van der Waals surface area contributed by atoms with Gasteiger partial charge in [0.05, 0.1) is 18.8 Å². The van der Waals surface area contributed by atoms with Crippen molar-refractivity contribution in [1.29, 1.82) is 0 Å². The molecule has 1 heterocycles. The number of aliphatic hydroxyl groups is 3. The zero-order valence-corrected chi connectivity index (χ0v) is 13.3. The molecule has 3 atom stereocenters. The molecule has 8 heteroatoms. The Morgan fingerprint density at radius 2 is 1.91 bits per heavy atom. The number of hydrogen-bond donors (Lipinski definition) is 3. The Kier molecular flexibility index (Phi) is 5.90. The first-order valence-electron chi connectivity index (χ1n) is 6.94. The summed E-state index contributed by atoms with van der Waals surface area (Å²) in [6, 6.07) is 7.05. The summed E-state index contributed by atoms with van der Waals surface area (Å²) in [6.45, 7) is 1.77. The van der Waals surface area contributed by atoms with E-state index in [4.69, 9.17) is 5.11 Å². The summed E-state index contributed by atoms with van der Waals surface area (Å²) in [7, 11) is 1.73. The molecule has 0 spiro atoms. The summed E-state index contributed by atoms with van der Waals surface area (Å²) in [5.41, 5.74) is 1.50. The second-order valence-electron chi connectivity index (χ2n) is 5.17. The lowest BCUT2D eigenvalue weighted by molar-refractivity contribution is 0.0330. The molecule has 1 aromatic heterocycles. The number of nitrogens with zero attached hydrogens (tertiary/aromatic N) is 4. The fourth-order valence-corrected chi connectivity index (χ4v) is 2.93. The predicted molar refractivity (Wildman–Crippen MR) is 82.0 cm³/mol. The van der Waals surface area contributed by atoms with Crippen molar-refractivity contribution >= 4 is 11.8 Å². The van der Waals surface area contributed by atoms with E-state index in [1.165, 1.54) is 16.4 Å². The van der Waals surface area contributed by atoms with Crippen molar-refractivity contribution in [2.24, 2.45) is 13.0 Å². The van der Waals surface area contributed by atoms with Crippen LogP contribution in [0, 0.1) is 5.92 Å². The van der Waals surface area contributed by atoms with Gasteiger partial charge in [0.2, 0.25) is 5.16 Å². The van der Waals surface area contributed by atoms with Crippen molar-refractivity contribution in [2.45, 2.75) is 30.9 Å². The molecule has 2 aromatic rings. The molecule has 2 rings (SSSR count). The summed E-state index contributed by atoms with van der Waals surface area (Å²) in [4.78, 5) is 0. The van der Waals surface area contributed by atoms with E-state index < -0.39 is 12.2 Å². The van der Waals surface area contributed by atoms with Crippen molar-refractivity contribution in [2.75, 3.05) is 5.75 Å². The number of thioether (sulfide) groups is 1. The Morgan fingerprint density at radius 3 is 2.45 bits per heavy atom. The van der Waals surface area contributed by atoms with Gasteiger partial charge in [-0.2, -0.15) is 0 Å². The molecule has 7 nitrogen and oxygen atoms in total. The predicted octanol–water partition coefficient (Wildman–Crippen LogP) is 0.525. The maximum atomic E-state index is 10.4. The first-order valence-corrected chi connectivity index (χ1v) is 7.92. The van der Waals surface area contributed by atoms with Crippen molar-refractivity contribution in [3.63, 3.8) is 0 Å². The topological polar surface area (TPSA) is 104 Å². The fourth-order valence-electron chi connectivity index (χ4n) is 1.99. The van der Waals surface area contributed by atoms with Gasteiger partial charge in [-0.25, -0.2) is 4.68 Å². The van der Waals surface area contributed by atoms with Gasteiger partial charge >= 0.3 is 0 Å². The molecule has 0 radical (unpaired) electrons. The number of aliphatic hydroxyl groups excluding tert-OH is 3. The largest absolute Gasteiger partial charge is 0.392 e. The van der Waals surface area contributed by atoms with Gasteiger partial charge in [-0.05, 0) is 21.6 Å². The molecule has 22 heavy (non-hydrogen) atoms. The minimum Gasteiger partial charge on any atom is -0.392 e. The Bertz CT molecular complexity index is 590. The first-order chi connectivity index (χ1) is 10.5. The number of benzene rings is 1. The SMILES string of the molecule is CC(C(O)CSc1nnnn1C)C(O)c1ccc(CO)cc1. The van der Waals surface area contributed by atoms with Gasteiger partial charge in [-0.1, -0.05) is 43.0 Å². The van der Waals surface area contributed by atoms with Gasteiger partial charge in [-0.3, -0.25) is 0 Å².